The number of hydrogen-bond acceptors (Lipinski definition) is 1. The van der Waals surface area contributed by atoms with Crippen molar-refractivity contribution in [2.24, 2.45) is 0 Å². The van der Waals surface area contributed by atoms with Crippen LogP contribution >= 0.6 is 11.6 Å². The maximum Gasteiger partial charge on any atom is 0.419 e. The Hall–Kier alpha value is -1.82. The van der Waals surface area contributed by atoms with Gasteiger partial charge in [0.25, 0.3) is 0 Å². The van der Waals surface area contributed by atoms with E-state index in [4.69, 9.17) is 11.6 Å². The Balaban J connectivity index is 2.17. The van der Waals surface area contributed by atoms with Gasteiger partial charge in [0.15, 0.2) is 0 Å². The van der Waals surface area contributed by atoms with Crippen LogP contribution in [0.2, 0.25) is 5.02 Å². The summed E-state index contributed by atoms with van der Waals surface area (Å²) in [5.74, 6) is -1.90. The fraction of sp³-hybridized carbons (Fsp3) is 0.143. The molecular formula is C14H9ClF5N. The van der Waals surface area contributed by atoms with E-state index in [9.17, 15) is 22.0 Å². The van der Waals surface area contributed by atoms with Crippen LogP contribution in [0.1, 0.15) is 11.1 Å². The molecule has 1 nitrogen and oxygen atoms in total. The second kappa shape index (κ2) is 5.89. The van der Waals surface area contributed by atoms with Crippen LogP contribution in [0, 0.1) is 11.6 Å². The first-order valence-corrected chi connectivity index (χ1v) is 6.19. The number of nitrogens with one attached hydrogen (secondary N) is 1. The van der Waals surface area contributed by atoms with Crippen molar-refractivity contribution >= 4 is 17.3 Å². The Morgan fingerprint density at radius 1 is 1.00 bits per heavy atom. The van der Waals surface area contributed by atoms with Crippen molar-refractivity contribution in [3.63, 3.8) is 0 Å². The minimum Gasteiger partial charge on any atom is -0.381 e. The van der Waals surface area contributed by atoms with Gasteiger partial charge in [-0.05, 0) is 35.9 Å². The number of halogens is 6. The van der Waals surface area contributed by atoms with E-state index in [1.54, 1.807) is 0 Å². The molecule has 0 aromatic heterocycles. The molecule has 0 bridgehead atoms. The third kappa shape index (κ3) is 4.07. The Morgan fingerprint density at radius 2 is 1.71 bits per heavy atom. The molecule has 0 saturated carbocycles. The molecule has 112 valence electrons. The van der Waals surface area contributed by atoms with E-state index in [1.807, 2.05) is 0 Å². The van der Waals surface area contributed by atoms with Gasteiger partial charge in [-0.3, -0.25) is 0 Å². The lowest BCUT2D eigenvalue weighted by molar-refractivity contribution is -0.140. The zero-order chi connectivity index (χ0) is 15.6. The summed E-state index contributed by atoms with van der Waals surface area (Å²) in [4.78, 5) is 0. The normalized spacial score (nSPS) is 11.5. The first-order valence-electron chi connectivity index (χ1n) is 5.81. The molecule has 2 aromatic rings. The predicted molar refractivity (Wildman–Crippen MR) is 70.1 cm³/mol. The second-order valence-electron chi connectivity index (χ2n) is 4.32. The van der Waals surface area contributed by atoms with Crippen LogP contribution in [0.15, 0.2) is 36.4 Å². The van der Waals surface area contributed by atoms with Crippen LogP contribution in [-0.4, -0.2) is 0 Å². The van der Waals surface area contributed by atoms with Crippen LogP contribution in [-0.2, 0) is 12.7 Å². The molecule has 0 aliphatic carbocycles. The minimum atomic E-state index is -4.76. The van der Waals surface area contributed by atoms with E-state index in [0.717, 1.165) is 18.2 Å². The highest BCUT2D eigenvalue weighted by Crippen LogP contribution is 2.32. The maximum absolute atomic E-state index is 13.1. The smallest absolute Gasteiger partial charge is 0.381 e. The SMILES string of the molecule is Fc1cc(Cl)cc(NCc2ccc(F)c(C(F)(F)F)c2)c1. The van der Waals surface area contributed by atoms with Gasteiger partial charge in [0.05, 0.1) is 5.56 Å². The van der Waals surface area contributed by atoms with Gasteiger partial charge in [0.2, 0.25) is 0 Å². The maximum atomic E-state index is 13.1. The number of alkyl halides is 3. The molecule has 21 heavy (non-hydrogen) atoms. The fourth-order valence-corrected chi connectivity index (χ4v) is 1.98. The van der Waals surface area contributed by atoms with Crippen molar-refractivity contribution < 1.29 is 22.0 Å². The summed E-state index contributed by atoms with van der Waals surface area (Å²) < 4.78 is 63.9. The molecule has 0 aliphatic heterocycles. The van der Waals surface area contributed by atoms with Crippen molar-refractivity contribution in [3.05, 3.63) is 64.2 Å². The summed E-state index contributed by atoms with van der Waals surface area (Å²) in [6.45, 7) is -0.0247. The van der Waals surface area contributed by atoms with Gasteiger partial charge >= 0.3 is 6.18 Å². The molecule has 0 heterocycles. The van der Waals surface area contributed by atoms with E-state index in [1.165, 1.54) is 12.1 Å². The Kier molecular flexibility index (Phi) is 4.37. The van der Waals surface area contributed by atoms with Crippen molar-refractivity contribution in [1.29, 1.82) is 0 Å². The molecule has 0 aliphatic rings. The van der Waals surface area contributed by atoms with Gasteiger partial charge < -0.3 is 5.32 Å². The van der Waals surface area contributed by atoms with Gasteiger partial charge in [-0.2, -0.15) is 13.2 Å². The molecule has 2 aromatic carbocycles. The molecule has 0 radical (unpaired) electrons. The van der Waals surface area contributed by atoms with E-state index in [-0.39, 0.29) is 17.1 Å². The van der Waals surface area contributed by atoms with Crippen LogP contribution in [0.5, 0.6) is 0 Å². The topological polar surface area (TPSA) is 12.0 Å². The predicted octanol–water partition coefficient (Wildman–Crippen LogP) is 5.25. The van der Waals surface area contributed by atoms with E-state index in [2.05, 4.69) is 5.32 Å². The van der Waals surface area contributed by atoms with E-state index in [0.29, 0.717) is 11.8 Å². The van der Waals surface area contributed by atoms with Crippen LogP contribution in [0.3, 0.4) is 0 Å². The minimum absolute atomic E-state index is 0.0247. The molecule has 0 amide bonds. The zero-order valence-corrected chi connectivity index (χ0v) is 11.2. The molecule has 0 saturated heterocycles. The third-order valence-corrected chi connectivity index (χ3v) is 2.91. The standard InChI is InChI=1S/C14H9ClF5N/c15-9-4-10(16)6-11(5-9)21-7-8-1-2-13(17)12(3-8)14(18,19)20/h1-6,21H,7H2. The molecule has 0 unspecified atom stereocenters. The summed E-state index contributed by atoms with van der Waals surface area (Å²) in [5.41, 5.74) is -0.805. The van der Waals surface area contributed by atoms with Gasteiger partial charge in [-0.1, -0.05) is 17.7 Å². The molecule has 2 rings (SSSR count). The monoisotopic (exact) mass is 321 g/mol. The van der Waals surface area contributed by atoms with Gasteiger partial charge in [0.1, 0.15) is 11.6 Å². The lowest BCUT2D eigenvalue weighted by atomic mass is 10.1. The summed E-state index contributed by atoms with van der Waals surface area (Å²) >= 11 is 5.66. The van der Waals surface area contributed by atoms with Gasteiger partial charge in [-0.15, -0.1) is 0 Å². The number of benzene rings is 2. The summed E-state index contributed by atoms with van der Waals surface area (Å²) in [7, 11) is 0. The Labute approximate surface area is 122 Å². The van der Waals surface area contributed by atoms with Crippen molar-refractivity contribution in [2.75, 3.05) is 5.32 Å². The average molecular weight is 322 g/mol. The molecule has 0 fully saturated rings. The number of rotatable bonds is 3. The lowest BCUT2D eigenvalue weighted by Gasteiger charge is -2.11. The van der Waals surface area contributed by atoms with E-state index < -0.39 is 23.4 Å². The van der Waals surface area contributed by atoms with Crippen LogP contribution < -0.4 is 5.32 Å². The molecule has 1 N–H and O–H groups in total. The summed E-state index contributed by atoms with van der Waals surface area (Å²) in [6.07, 6.45) is -4.76. The second-order valence-corrected chi connectivity index (χ2v) is 4.76. The van der Waals surface area contributed by atoms with Gasteiger partial charge in [0, 0.05) is 17.3 Å². The van der Waals surface area contributed by atoms with E-state index >= 15 is 0 Å². The van der Waals surface area contributed by atoms with Crippen molar-refractivity contribution in [3.8, 4) is 0 Å². The highest BCUT2D eigenvalue weighted by atomic mass is 35.5. The fourth-order valence-electron chi connectivity index (χ4n) is 1.76. The average Bonchev–Trinajstić information content (AvgIpc) is 2.35. The number of hydrogen-bond donors (Lipinski definition) is 1. The quantitative estimate of drug-likeness (QED) is 0.761. The van der Waals surface area contributed by atoms with Crippen molar-refractivity contribution in [2.45, 2.75) is 12.7 Å². The summed E-state index contributed by atoms with van der Waals surface area (Å²) in [6, 6.07) is 6.37. The Morgan fingerprint density at radius 3 is 2.33 bits per heavy atom. The largest absolute Gasteiger partial charge is 0.419 e. The Bertz CT molecular complexity index is 634. The van der Waals surface area contributed by atoms with Gasteiger partial charge in [-0.25, -0.2) is 8.78 Å². The highest BCUT2D eigenvalue weighted by molar-refractivity contribution is 6.30. The van der Waals surface area contributed by atoms with Crippen molar-refractivity contribution in [1.82, 2.24) is 0 Å². The molecule has 7 heteroatoms. The summed E-state index contributed by atoms with van der Waals surface area (Å²) in [5, 5.41) is 2.89. The highest BCUT2D eigenvalue weighted by Gasteiger charge is 2.34. The number of anilines is 1. The molecule has 0 atom stereocenters. The zero-order valence-electron chi connectivity index (χ0n) is 10.4. The lowest BCUT2D eigenvalue weighted by Crippen LogP contribution is -2.10. The molecular weight excluding hydrogens is 313 g/mol. The van der Waals surface area contributed by atoms with Crippen LogP contribution in [0.4, 0.5) is 27.6 Å². The third-order valence-electron chi connectivity index (χ3n) is 2.70. The first-order chi connectivity index (χ1) is 9.75. The molecule has 0 spiro atoms. The first kappa shape index (κ1) is 15.6. The van der Waals surface area contributed by atoms with Crippen LogP contribution in [0.25, 0.3) is 0 Å².